The number of aliphatic hydroxyl groups is 1. The monoisotopic (exact) mass is 341 g/mol. The molecule has 0 saturated carbocycles. The highest BCUT2D eigenvalue weighted by molar-refractivity contribution is 7.85. The average molecular weight is 341 g/mol. The summed E-state index contributed by atoms with van der Waals surface area (Å²) in [5.41, 5.74) is -0.363. The van der Waals surface area contributed by atoms with E-state index in [1.165, 1.54) is 18.2 Å². The first-order valence-corrected chi connectivity index (χ1v) is 8.01. The summed E-state index contributed by atoms with van der Waals surface area (Å²) in [6.07, 6.45) is 0. The first kappa shape index (κ1) is 16.9. The molecule has 0 unspecified atom stereocenters. The van der Waals surface area contributed by atoms with Gasteiger partial charge in [-0.3, -0.25) is 19.2 Å². The summed E-state index contributed by atoms with van der Waals surface area (Å²) in [6, 6.07) is 6.73. The second kappa shape index (κ2) is 6.77. The predicted molar refractivity (Wildman–Crippen MR) is 79.8 cm³/mol. The number of hydrogen-bond acceptors (Lipinski definition) is 5. The summed E-state index contributed by atoms with van der Waals surface area (Å²) in [5.74, 6) is -0.571. The first-order chi connectivity index (χ1) is 10.8. The van der Waals surface area contributed by atoms with Gasteiger partial charge in [0.15, 0.2) is 0 Å². The van der Waals surface area contributed by atoms with Crippen molar-refractivity contribution in [3.63, 3.8) is 0 Å². The number of hydrogen-bond donors (Lipinski definition) is 4. The van der Waals surface area contributed by atoms with Crippen LogP contribution in [0.25, 0.3) is 0 Å². The third-order valence-corrected chi connectivity index (χ3v) is 3.96. The van der Waals surface area contributed by atoms with Gasteiger partial charge in [-0.2, -0.15) is 8.42 Å². The SMILES string of the molecule is O=C(NCCO)c1cc(=O)n(Cc2ccccc2S(=O)(=O)O)[nH]1. The summed E-state index contributed by atoms with van der Waals surface area (Å²) in [6.45, 7) is -0.363. The minimum absolute atomic E-state index is 0.0206. The molecule has 0 aliphatic heterocycles. The topological polar surface area (TPSA) is 141 Å². The van der Waals surface area contributed by atoms with Gasteiger partial charge < -0.3 is 10.4 Å². The fourth-order valence-corrected chi connectivity index (χ4v) is 2.70. The van der Waals surface area contributed by atoms with Crippen LogP contribution in [-0.4, -0.2) is 46.9 Å². The highest BCUT2D eigenvalue weighted by Crippen LogP contribution is 2.15. The molecule has 0 fully saturated rings. The second-order valence-electron chi connectivity index (χ2n) is 4.66. The number of aromatic nitrogens is 2. The van der Waals surface area contributed by atoms with Crippen LogP contribution in [0.1, 0.15) is 16.1 Å². The number of benzene rings is 1. The highest BCUT2D eigenvalue weighted by Gasteiger charge is 2.17. The molecular formula is C13H15N3O6S. The minimum Gasteiger partial charge on any atom is -0.395 e. The van der Waals surface area contributed by atoms with E-state index in [0.29, 0.717) is 0 Å². The minimum atomic E-state index is -4.42. The molecule has 10 heteroatoms. The van der Waals surface area contributed by atoms with Crippen molar-refractivity contribution >= 4 is 16.0 Å². The lowest BCUT2D eigenvalue weighted by Crippen LogP contribution is -2.26. The molecule has 0 spiro atoms. The lowest BCUT2D eigenvalue weighted by molar-refractivity contribution is 0.0939. The molecule has 0 bridgehead atoms. The maximum absolute atomic E-state index is 11.9. The molecule has 0 aliphatic rings. The van der Waals surface area contributed by atoms with Crippen LogP contribution in [0.2, 0.25) is 0 Å². The van der Waals surface area contributed by atoms with Gasteiger partial charge in [-0.05, 0) is 11.6 Å². The zero-order chi connectivity index (χ0) is 17.0. The van der Waals surface area contributed by atoms with Crippen molar-refractivity contribution in [2.24, 2.45) is 0 Å². The van der Waals surface area contributed by atoms with E-state index in [-0.39, 0.29) is 35.8 Å². The van der Waals surface area contributed by atoms with Gasteiger partial charge in [0.05, 0.1) is 18.0 Å². The van der Waals surface area contributed by atoms with Gasteiger partial charge in [-0.1, -0.05) is 18.2 Å². The van der Waals surface area contributed by atoms with Crippen molar-refractivity contribution in [1.82, 2.24) is 15.1 Å². The van der Waals surface area contributed by atoms with Crippen LogP contribution in [0.3, 0.4) is 0 Å². The Hall–Kier alpha value is -2.43. The Morgan fingerprint density at radius 2 is 2.00 bits per heavy atom. The van der Waals surface area contributed by atoms with E-state index in [0.717, 1.165) is 10.7 Å². The normalized spacial score (nSPS) is 11.4. The van der Waals surface area contributed by atoms with Gasteiger partial charge in [0.1, 0.15) is 5.69 Å². The van der Waals surface area contributed by atoms with Crippen molar-refractivity contribution in [2.45, 2.75) is 11.4 Å². The summed E-state index contributed by atoms with van der Waals surface area (Å²) >= 11 is 0. The number of carbonyl (C=O) groups excluding carboxylic acids is 1. The standard InChI is InChI=1S/C13H15N3O6S/c17-6-5-14-13(19)10-7-12(18)16(15-10)8-9-3-1-2-4-11(9)23(20,21)22/h1-4,7,15,17H,5-6,8H2,(H,14,19)(H,20,21,22). The summed E-state index contributed by atoms with van der Waals surface area (Å²) < 4.78 is 32.9. The molecule has 0 atom stereocenters. The quantitative estimate of drug-likeness (QED) is 0.507. The largest absolute Gasteiger partial charge is 0.395 e. The summed E-state index contributed by atoms with van der Waals surface area (Å²) in [7, 11) is -4.42. The Bertz CT molecular complexity index is 868. The molecule has 124 valence electrons. The molecule has 0 saturated heterocycles. The van der Waals surface area contributed by atoms with Crippen LogP contribution in [0.5, 0.6) is 0 Å². The number of H-pyrrole nitrogens is 1. The molecule has 1 aromatic heterocycles. The molecule has 23 heavy (non-hydrogen) atoms. The third-order valence-electron chi connectivity index (χ3n) is 3.01. The first-order valence-electron chi connectivity index (χ1n) is 6.57. The van der Waals surface area contributed by atoms with Crippen LogP contribution < -0.4 is 10.9 Å². The number of rotatable bonds is 6. The van der Waals surface area contributed by atoms with Crippen LogP contribution in [0.4, 0.5) is 0 Å². The molecular weight excluding hydrogens is 326 g/mol. The van der Waals surface area contributed by atoms with Gasteiger partial charge in [-0.25, -0.2) is 4.68 Å². The molecule has 4 N–H and O–H groups in total. The van der Waals surface area contributed by atoms with E-state index in [9.17, 15) is 22.6 Å². The molecule has 2 rings (SSSR count). The highest BCUT2D eigenvalue weighted by atomic mass is 32.2. The second-order valence-corrected chi connectivity index (χ2v) is 6.05. The Morgan fingerprint density at radius 3 is 2.65 bits per heavy atom. The number of carbonyl (C=O) groups is 1. The lowest BCUT2D eigenvalue weighted by atomic mass is 10.2. The summed E-state index contributed by atoms with van der Waals surface area (Å²) in [4.78, 5) is 23.3. The molecule has 0 aliphatic carbocycles. The van der Waals surface area contributed by atoms with Crippen molar-refractivity contribution < 1.29 is 22.9 Å². The number of aliphatic hydroxyl groups excluding tert-OH is 1. The predicted octanol–water partition coefficient (Wildman–Crippen LogP) is -0.806. The van der Waals surface area contributed by atoms with Gasteiger partial charge in [0, 0.05) is 12.6 Å². The maximum Gasteiger partial charge on any atom is 0.294 e. The third kappa shape index (κ3) is 4.06. The Morgan fingerprint density at radius 1 is 1.30 bits per heavy atom. The van der Waals surface area contributed by atoms with Crippen LogP contribution in [0.15, 0.2) is 40.0 Å². The van der Waals surface area contributed by atoms with Gasteiger partial charge in [0.2, 0.25) is 0 Å². The van der Waals surface area contributed by atoms with E-state index < -0.39 is 21.6 Å². The molecule has 0 radical (unpaired) electrons. The van der Waals surface area contributed by atoms with E-state index in [2.05, 4.69) is 10.4 Å². The Kier molecular flexibility index (Phi) is 4.98. The fourth-order valence-electron chi connectivity index (χ4n) is 1.99. The number of nitrogens with zero attached hydrogens (tertiary/aromatic N) is 1. The maximum atomic E-state index is 11.9. The van der Waals surface area contributed by atoms with Crippen LogP contribution in [0, 0.1) is 0 Å². The van der Waals surface area contributed by atoms with Gasteiger partial charge in [0.25, 0.3) is 21.6 Å². The van der Waals surface area contributed by atoms with Gasteiger partial charge in [-0.15, -0.1) is 0 Å². The molecule has 9 nitrogen and oxygen atoms in total. The van der Waals surface area contributed by atoms with E-state index in [1.807, 2.05) is 0 Å². The summed E-state index contributed by atoms with van der Waals surface area (Å²) in [5, 5.41) is 13.6. The average Bonchev–Trinajstić information content (AvgIpc) is 2.85. The zero-order valence-corrected chi connectivity index (χ0v) is 12.7. The number of nitrogens with one attached hydrogen (secondary N) is 2. The molecule has 1 heterocycles. The zero-order valence-electron chi connectivity index (χ0n) is 11.9. The van der Waals surface area contributed by atoms with Crippen molar-refractivity contribution in [3.05, 3.63) is 51.9 Å². The molecule has 1 aromatic carbocycles. The molecule has 1 amide bonds. The Labute approximate surface area is 131 Å². The van der Waals surface area contributed by atoms with Crippen LogP contribution >= 0.6 is 0 Å². The van der Waals surface area contributed by atoms with Crippen LogP contribution in [-0.2, 0) is 16.7 Å². The fraction of sp³-hybridized carbons (Fsp3) is 0.231. The number of amides is 1. The molecule has 2 aromatic rings. The number of aromatic amines is 1. The smallest absolute Gasteiger partial charge is 0.294 e. The van der Waals surface area contributed by atoms with Crippen molar-refractivity contribution in [2.75, 3.05) is 13.2 Å². The Balaban J connectivity index is 2.31. The van der Waals surface area contributed by atoms with Crippen molar-refractivity contribution in [3.8, 4) is 0 Å². The van der Waals surface area contributed by atoms with Crippen molar-refractivity contribution in [1.29, 1.82) is 0 Å². The van der Waals surface area contributed by atoms with E-state index in [4.69, 9.17) is 5.11 Å². The van der Waals surface area contributed by atoms with Gasteiger partial charge >= 0.3 is 0 Å². The lowest BCUT2D eigenvalue weighted by Gasteiger charge is -2.07. The van der Waals surface area contributed by atoms with E-state index >= 15 is 0 Å². The van der Waals surface area contributed by atoms with E-state index in [1.54, 1.807) is 6.07 Å².